The lowest BCUT2D eigenvalue weighted by Gasteiger charge is -2.28. The Morgan fingerprint density at radius 1 is 0.816 bits per heavy atom. The lowest BCUT2D eigenvalue weighted by atomic mass is 9.92. The molecule has 3 heterocycles. The van der Waals surface area contributed by atoms with Crippen LogP contribution in [0.1, 0.15) is 121 Å². The van der Waals surface area contributed by atoms with E-state index < -0.39 is 46.4 Å². The van der Waals surface area contributed by atoms with Gasteiger partial charge in [0.1, 0.15) is 21.1 Å². The molecular formula is C34H59N5O8S2. The number of aromatic nitrogens is 3. The highest BCUT2D eigenvalue weighted by molar-refractivity contribution is 7.93. The van der Waals surface area contributed by atoms with Gasteiger partial charge in [0.2, 0.25) is 11.8 Å². The molecule has 1 aliphatic heterocycles. The molecule has 0 aromatic carbocycles. The summed E-state index contributed by atoms with van der Waals surface area (Å²) < 4.78 is 60.0. The van der Waals surface area contributed by atoms with Gasteiger partial charge in [0.05, 0.1) is 23.3 Å². The van der Waals surface area contributed by atoms with Gasteiger partial charge in [0.15, 0.2) is 25.5 Å². The number of amides is 2. The summed E-state index contributed by atoms with van der Waals surface area (Å²) in [5.74, 6) is -0.0687. The van der Waals surface area contributed by atoms with Crippen LogP contribution in [0.2, 0.25) is 0 Å². The quantitative estimate of drug-likeness (QED) is 0.332. The van der Waals surface area contributed by atoms with E-state index in [1.165, 1.54) is 27.7 Å². The van der Waals surface area contributed by atoms with Gasteiger partial charge >= 0.3 is 0 Å². The van der Waals surface area contributed by atoms with Gasteiger partial charge in [-0.2, -0.15) is 5.10 Å². The molecule has 0 spiro atoms. The summed E-state index contributed by atoms with van der Waals surface area (Å²) in [7, 11) is -5.59. The predicted molar refractivity (Wildman–Crippen MR) is 193 cm³/mol. The number of carbonyl (C=O) groups excluding carboxylic acids is 2. The first-order valence-electron chi connectivity index (χ1n) is 16.6. The fourth-order valence-electron chi connectivity index (χ4n) is 4.60. The van der Waals surface area contributed by atoms with Crippen LogP contribution in [0.15, 0.2) is 16.7 Å². The minimum atomic E-state index is -3.70. The van der Waals surface area contributed by atoms with Crippen molar-refractivity contribution >= 4 is 43.1 Å². The van der Waals surface area contributed by atoms with Crippen LogP contribution in [0.25, 0.3) is 0 Å². The highest BCUT2D eigenvalue weighted by Crippen LogP contribution is 2.29. The molecule has 2 N–H and O–H groups in total. The van der Waals surface area contributed by atoms with Crippen LogP contribution in [0.4, 0.5) is 11.6 Å². The van der Waals surface area contributed by atoms with Crippen molar-refractivity contribution in [3.63, 3.8) is 0 Å². The molecular weight excluding hydrogens is 671 g/mol. The van der Waals surface area contributed by atoms with Crippen molar-refractivity contribution in [2.45, 2.75) is 136 Å². The van der Waals surface area contributed by atoms with E-state index in [0.717, 1.165) is 18.5 Å². The molecule has 280 valence electrons. The van der Waals surface area contributed by atoms with E-state index in [9.17, 15) is 26.4 Å². The molecule has 3 rings (SSSR count). The third kappa shape index (κ3) is 11.1. The van der Waals surface area contributed by atoms with E-state index in [1.54, 1.807) is 23.9 Å². The van der Waals surface area contributed by atoms with Gasteiger partial charge in [-0.1, -0.05) is 67.5 Å². The summed E-state index contributed by atoms with van der Waals surface area (Å²) in [6.45, 7) is 23.8. The summed E-state index contributed by atoms with van der Waals surface area (Å²) in [5, 5.41) is 13.5. The summed E-state index contributed by atoms with van der Waals surface area (Å²) >= 11 is 0. The van der Waals surface area contributed by atoms with E-state index in [2.05, 4.69) is 20.9 Å². The Hall–Kier alpha value is -2.78. The predicted octanol–water partition coefficient (Wildman–Crippen LogP) is 5.57. The number of aryl methyl sites for hydroxylation is 1. The summed E-state index contributed by atoms with van der Waals surface area (Å²) in [6, 6.07) is 3.40. The van der Waals surface area contributed by atoms with Crippen molar-refractivity contribution in [1.29, 1.82) is 0 Å². The van der Waals surface area contributed by atoms with Crippen LogP contribution in [0.3, 0.4) is 0 Å². The van der Waals surface area contributed by atoms with Gasteiger partial charge < -0.3 is 19.9 Å². The Morgan fingerprint density at radius 2 is 1.37 bits per heavy atom. The Kier molecular flexibility index (Phi) is 12.8. The van der Waals surface area contributed by atoms with Gasteiger partial charge in [-0.05, 0) is 52.4 Å². The molecule has 49 heavy (non-hydrogen) atoms. The van der Waals surface area contributed by atoms with Crippen molar-refractivity contribution in [2.75, 3.05) is 28.7 Å². The molecule has 1 fully saturated rings. The zero-order valence-electron chi connectivity index (χ0n) is 31.9. The topological polar surface area (TPSA) is 180 Å². The highest BCUT2D eigenvalue weighted by atomic mass is 32.2. The van der Waals surface area contributed by atoms with Crippen molar-refractivity contribution in [3.05, 3.63) is 23.6 Å². The van der Waals surface area contributed by atoms with Crippen LogP contribution < -0.4 is 10.6 Å². The van der Waals surface area contributed by atoms with E-state index >= 15 is 0 Å². The molecule has 1 atom stereocenters. The minimum Gasteiger partial charge on any atom is -0.377 e. The van der Waals surface area contributed by atoms with Crippen LogP contribution in [-0.2, 0) is 51.9 Å². The maximum atomic E-state index is 12.7. The third-order valence-electron chi connectivity index (χ3n) is 8.33. The zero-order chi connectivity index (χ0) is 38.0. The lowest BCUT2D eigenvalue weighted by Crippen LogP contribution is -2.48. The monoisotopic (exact) mass is 729 g/mol. The standard InChI is InChI=1S/C17H31N3O3S.C17H28N2O5S/c1-15(2,3)11-24(22,23)17(7,8)14(21)18-13-10-12(16(4,5)6)19-20(13)9;1-16(2,3)13-10-14(19-24-13)18-15(20)17(4,5)25(21,22)11-12-8-6-7-9-23-12/h10H,11H2,1-9H3,(H,18,21);10,12H,6-9,11H2,1-5H3,(H,18,19,20). The van der Waals surface area contributed by atoms with E-state index in [0.29, 0.717) is 24.6 Å². The Balaban J connectivity index is 0.000000341. The van der Waals surface area contributed by atoms with Crippen LogP contribution >= 0.6 is 0 Å². The second-order valence-electron chi connectivity index (χ2n) is 17.1. The number of sulfone groups is 2. The third-order valence-corrected chi connectivity index (χ3v) is 13.9. The lowest BCUT2D eigenvalue weighted by molar-refractivity contribution is -0.118. The first-order chi connectivity index (χ1) is 21.9. The Bertz CT molecular complexity index is 1680. The average Bonchev–Trinajstić information content (AvgIpc) is 3.54. The number of anilines is 2. The Morgan fingerprint density at radius 3 is 1.82 bits per heavy atom. The first-order valence-corrected chi connectivity index (χ1v) is 19.9. The molecule has 1 unspecified atom stereocenters. The van der Waals surface area contributed by atoms with Gasteiger partial charge in [-0.15, -0.1) is 0 Å². The fourth-order valence-corrected chi connectivity index (χ4v) is 7.93. The van der Waals surface area contributed by atoms with Gasteiger partial charge in [0, 0.05) is 36.6 Å². The van der Waals surface area contributed by atoms with Crippen LogP contribution in [-0.4, -0.2) is 77.3 Å². The molecule has 13 nitrogen and oxygen atoms in total. The van der Waals surface area contributed by atoms with E-state index in [-0.39, 0.29) is 34.3 Å². The summed E-state index contributed by atoms with van der Waals surface area (Å²) in [5.41, 5.74) is 0.00270. The zero-order valence-corrected chi connectivity index (χ0v) is 33.5. The molecule has 2 amide bonds. The van der Waals surface area contributed by atoms with E-state index in [1.807, 2.05) is 62.3 Å². The second kappa shape index (κ2) is 14.8. The fraction of sp³-hybridized carbons (Fsp3) is 0.765. The molecule has 0 aliphatic carbocycles. The summed E-state index contributed by atoms with van der Waals surface area (Å²) in [4.78, 5) is 25.2. The number of hydrogen-bond donors (Lipinski definition) is 2. The number of hydrogen-bond acceptors (Lipinski definition) is 10. The highest BCUT2D eigenvalue weighted by Gasteiger charge is 2.45. The van der Waals surface area contributed by atoms with Gasteiger partial charge in [-0.3, -0.25) is 14.3 Å². The summed E-state index contributed by atoms with van der Waals surface area (Å²) in [6.07, 6.45) is 2.25. The maximum Gasteiger partial charge on any atom is 0.246 e. The molecule has 0 saturated carbocycles. The molecule has 15 heteroatoms. The molecule has 2 aromatic rings. The number of nitrogens with one attached hydrogen (secondary N) is 2. The van der Waals surface area contributed by atoms with Gasteiger partial charge in [0.25, 0.3) is 0 Å². The minimum absolute atomic E-state index is 0.0565. The maximum absolute atomic E-state index is 12.7. The van der Waals surface area contributed by atoms with Crippen molar-refractivity contribution in [1.82, 2.24) is 14.9 Å². The SMILES string of the molecule is CC(C)(C)c1cc(NC(=O)C(C)(C)S(=O)(=O)CC2CCCCO2)no1.Cn1nc(C(C)(C)C)cc1NC(=O)C(C)(C)S(=O)(=O)CC(C)(C)C. The molecule has 2 aromatic heterocycles. The van der Waals surface area contributed by atoms with Crippen LogP contribution in [0.5, 0.6) is 0 Å². The largest absolute Gasteiger partial charge is 0.377 e. The average molecular weight is 730 g/mol. The van der Waals surface area contributed by atoms with Crippen molar-refractivity contribution < 1.29 is 35.7 Å². The number of ether oxygens (including phenoxy) is 1. The molecule has 1 saturated heterocycles. The smallest absolute Gasteiger partial charge is 0.246 e. The van der Waals surface area contributed by atoms with Crippen molar-refractivity contribution in [3.8, 4) is 0 Å². The number of rotatable bonds is 9. The van der Waals surface area contributed by atoms with Gasteiger partial charge in [-0.25, -0.2) is 16.8 Å². The number of carbonyl (C=O) groups is 2. The van der Waals surface area contributed by atoms with E-state index in [4.69, 9.17) is 9.26 Å². The Labute approximate surface area is 293 Å². The molecule has 0 bridgehead atoms. The first kappa shape index (κ1) is 42.4. The van der Waals surface area contributed by atoms with Crippen LogP contribution in [0, 0.1) is 5.41 Å². The second-order valence-corrected chi connectivity index (χ2v) is 22.3. The molecule has 1 aliphatic rings. The normalized spacial score (nSPS) is 16.8. The number of nitrogens with zero attached hydrogens (tertiary/aromatic N) is 3. The van der Waals surface area contributed by atoms with Crippen molar-refractivity contribution in [2.24, 2.45) is 12.5 Å². The molecule has 0 radical (unpaired) electrons.